The molecular formula is C25H27NO3. The summed E-state index contributed by atoms with van der Waals surface area (Å²) in [7, 11) is 0. The zero-order valence-corrected chi connectivity index (χ0v) is 15.2. The van der Waals surface area contributed by atoms with Crippen LogP contribution in [0.15, 0.2) is 72.5 Å². The highest BCUT2D eigenvalue weighted by Crippen LogP contribution is 2.22. The zero-order chi connectivity index (χ0) is 35.6. The van der Waals surface area contributed by atoms with Crippen LogP contribution in [0.25, 0.3) is 11.1 Å². The van der Waals surface area contributed by atoms with Crippen LogP contribution in [0.4, 0.5) is 0 Å². The monoisotopic (exact) mass is 406 g/mol. The van der Waals surface area contributed by atoms with Crippen molar-refractivity contribution in [3.05, 3.63) is 94.8 Å². The molecule has 0 heterocycles. The summed E-state index contributed by atoms with van der Waals surface area (Å²) in [5.41, 5.74) is -4.26. The third-order valence-corrected chi connectivity index (χ3v) is 3.47. The van der Waals surface area contributed by atoms with Crippen molar-refractivity contribution in [3.63, 3.8) is 0 Å². The van der Waals surface area contributed by atoms with Crippen molar-refractivity contribution in [1.82, 2.24) is 5.32 Å². The first-order valence-corrected chi connectivity index (χ1v) is 8.32. The number of carboxylic acids is 1. The molecule has 3 rings (SSSR count). The molecule has 4 heteroatoms. The number of rotatable bonds is 9. The van der Waals surface area contributed by atoms with Gasteiger partial charge in [-0.15, -0.1) is 0 Å². The minimum absolute atomic E-state index is 0.212. The minimum Gasteiger partial charge on any atom is -0.478 e. The Hall–Kier alpha value is -2.95. The van der Waals surface area contributed by atoms with Crippen molar-refractivity contribution in [1.29, 1.82) is 0 Å². The van der Waals surface area contributed by atoms with Crippen LogP contribution in [0.2, 0.25) is 0 Å². The molecule has 0 spiro atoms. The molecule has 3 aromatic rings. The zero-order valence-electron chi connectivity index (χ0n) is 32.2. The highest BCUT2D eigenvalue weighted by Gasteiger charge is 2.07. The van der Waals surface area contributed by atoms with Gasteiger partial charge in [0.25, 0.3) is 0 Å². The molecule has 29 heavy (non-hydrogen) atoms. The Morgan fingerprint density at radius 2 is 1.83 bits per heavy atom. The molecule has 0 bridgehead atoms. The Morgan fingerprint density at radius 1 is 1.10 bits per heavy atom. The lowest BCUT2D eigenvalue weighted by atomic mass is 9.99. The van der Waals surface area contributed by atoms with Crippen LogP contribution in [-0.2, 0) is 6.42 Å². The molecule has 0 fully saturated rings. The van der Waals surface area contributed by atoms with Gasteiger partial charge in [-0.2, -0.15) is 0 Å². The molecule has 0 aliphatic heterocycles. The normalized spacial score (nSPS) is 22.3. The minimum atomic E-state index is -3.46. The van der Waals surface area contributed by atoms with Crippen LogP contribution in [0.5, 0.6) is 0 Å². The van der Waals surface area contributed by atoms with E-state index in [1.807, 2.05) is 5.32 Å². The molecule has 150 valence electrons. The van der Waals surface area contributed by atoms with Gasteiger partial charge in [-0.25, -0.2) is 4.79 Å². The van der Waals surface area contributed by atoms with Gasteiger partial charge < -0.3 is 15.5 Å². The summed E-state index contributed by atoms with van der Waals surface area (Å²) in [4.78, 5) is 11.7. The molecule has 0 aliphatic carbocycles. The first-order chi connectivity index (χ1) is 20.8. The number of carboxylic acid groups (broad SMARTS) is 1. The largest absolute Gasteiger partial charge is 0.478 e. The summed E-state index contributed by atoms with van der Waals surface area (Å²) >= 11 is 0. The predicted octanol–water partition coefficient (Wildman–Crippen LogP) is 4.62. The average Bonchev–Trinajstić information content (AvgIpc) is 2.95. The third kappa shape index (κ3) is 6.01. The van der Waals surface area contributed by atoms with E-state index in [-0.39, 0.29) is 5.56 Å². The maximum Gasteiger partial charge on any atom is 0.335 e. The molecule has 4 nitrogen and oxygen atoms in total. The molecule has 0 amide bonds. The van der Waals surface area contributed by atoms with Crippen molar-refractivity contribution in [3.8, 4) is 11.1 Å². The molecular weight excluding hydrogens is 362 g/mol. The fourth-order valence-electron chi connectivity index (χ4n) is 2.17. The van der Waals surface area contributed by atoms with Crippen LogP contribution in [0.1, 0.15) is 62.8 Å². The van der Waals surface area contributed by atoms with Gasteiger partial charge >= 0.3 is 5.97 Å². The van der Waals surface area contributed by atoms with Crippen molar-refractivity contribution in [2.45, 2.75) is 25.8 Å². The number of aromatic carboxylic acids is 1. The SMILES string of the molecule is [2H]c1c([2H])c(CC([2H])([2H])CNC([2H])([2H])[C@]([2H])(O)c2c([2H])c([2H])c([2H])c(C)c2[2H])c([2H])c(-c2c([2H])c([2H])c([2H])c(C(=O)O)c2[2H])c1[2H]. The lowest BCUT2D eigenvalue weighted by Crippen LogP contribution is -2.22. The number of carbonyl (C=O) groups is 1. The Labute approximate surface area is 195 Å². The summed E-state index contributed by atoms with van der Waals surface area (Å²) in [6, 6.07) is -10.4. The number of hydrogen-bond donors (Lipinski definition) is 3. The molecule has 0 saturated carbocycles. The highest BCUT2D eigenvalue weighted by molar-refractivity contribution is 5.89. The predicted molar refractivity (Wildman–Crippen MR) is 116 cm³/mol. The summed E-state index contributed by atoms with van der Waals surface area (Å²) in [6.45, 7) is -3.16. The van der Waals surface area contributed by atoms with Crippen molar-refractivity contribution >= 4 is 5.97 Å². The molecule has 0 unspecified atom stereocenters. The van der Waals surface area contributed by atoms with E-state index < -0.39 is 138 Å². The van der Waals surface area contributed by atoms with E-state index in [4.69, 9.17) is 23.3 Å². The molecule has 3 aromatic carbocycles. The molecule has 3 N–H and O–H groups in total. The first kappa shape index (κ1) is 8.05. The Kier molecular flexibility index (Phi) is 2.78. The van der Waals surface area contributed by atoms with Crippen LogP contribution in [0.3, 0.4) is 0 Å². The van der Waals surface area contributed by atoms with Crippen LogP contribution < -0.4 is 5.32 Å². The van der Waals surface area contributed by atoms with Crippen molar-refractivity contribution < 1.29 is 38.3 Å². The van der Waals surface area contributed by atoms with Gasteiger partial charge in [0.05, 0.1) is 29.5 Å². The standard InChI is InChI=1S/C25H27NO3/c1-18-6-2-11-22(14-18)24(27)17-26-13-5-8-19-7-3-9-20(15-19)21-10-4-12-23(16-21)25(28)29/h2-4,6-7,9-12,14-16,24,26-27H,5,8,13,17H2,1H3,(H,28,29)/t24-/m0/s1/i2D,3D,4D,5D2,6D,7D,9D,10D,11D,12D,14D,15D,16D,17D2,24D. The molecule has 1 atom stereocenters. The number of benzene rings is 3. The summed E-state index contributed by atoms with van der Waals surface area (Å²) in [5, 5.41) is 22.4. The Bertz CT molecular complexity index is 1750. The maximum absolute atomic E-state index is 11.7. The second-order valence-electron chi connectivity index (χ2n) is 5.66. The van der Waals surface area contributed by atoms with Gasteiger partial charge in [-0.1, -0.05) is 66.0 Å². The second-order valence-corrected chi connectivity index (χ2v) is 5.66. The summed E-state index contributed by atoms with van der Waals surface area (Å²) < 4.78 is 139. The van der Waals surface area contributed by atoms with Crippen LogP contribution in [0, 0.1) is 6.92 Å². The van der Waals surface area contributed by atoms with Gasteiger partial charge in [-0.05, 0) is 60.6 Å². The first-order valence-electron chi connectivity index (χ1n) is 16.8. The molecule has 0 aromatic heterocycles. The third-order valence-electron chi connectivity index (χ3n) is 3.47. The highest BCUT2D eigenvalue weighted by atomic mass is 16.4. The van der Waals surface area contributed by atoms with Crippen molar-refractivity contribution in [2.75, 3.05) is 13.0 Å². The summed E-state index contributed by atoms with van der Waals surface area (Å²) in [6.07, 6.45) is -7.09. The smallest absolute Gasteiger partial charge is 0.335 e. The van der Waals surface area contributed by atoms with Gasteiger partial charge in [0, 0.05) is 12.0 Å². The molecule has 0 aliphatic rings. The lowest BCUT2D eigenvalue weighted by molar-refractivity contribution is 0.0697. The fourth-order valence-corrected chi connectivity index (χ4v) is 2.17. The van der Waals surface area contributed by atoms with Gasteiger partial charge in [-0.3, -0.25) is 0 Å². The van der Waals surface area contributed by atoms with Gasteiger partial charge in [0.2, 0.25) is 0 Å². The van der Waals surface area contributed by atoms with E-state index >= 15 is 0 Å². The lowest BCUT2D eigenvalue weighted by Gasteiger charge is -2.13. The van der Waals surface area contributed by atoms with E-state index in [0.717, 1.165) is 0 Å². The molecule has 0 saturated heterocycles. The topological polar surface area (TPSA) is 69.6 Å². The summed E-state index contributed by atoms with van der Waals surface area (Å²) in [5.74, 6) is -1.81. The second kappa shape index (κ2) is 10.0. The van der Waals surface area contributed by atoms with E-state index in [1.54, 1.807) is 0 Å². The van der Waals surface area contributed by atoms with E-state index in [0.29, 0.717) is 0 Å². The van der Waals surface area contributed by atoms with Crippen LogP contribution in [-0.4, -0.2) is 29.2 Å². The van der Waals surface area contributed by atoms with Gasteiger partial charge in [0.15, 0.2) is 0 Å². The van der Waals surface area contributed by atoms with Crippen molar-refractivity contribution in [2.24, 2.45) is 0 Å². The quantitative estimate of drug-likeness (QED) is 0.485. The molecule has 0 radical (unpaired) electrons. The van der Waals surface area contributed by atoms with E-state index in [1.165, 1.54) is 6.92 Å². The Balaban J connectivity index is 2.10. The van der Waals surface area contributed by atoms with Gasteiger partial charge in [0.1, 0.15) is 0 Å². The fraction of sp³-hybridized carbons (Fsp3) is 0.240. The number of nitrogens with one attached hydrogen (secondary N) is 1. The van der Waals surface area contributed by atoms with E-state index in [9.17, 15) is 15.0 Å². The number of aliphatic hydroxyl groups is 1. The average molecular weight is 407 g/mol. The van der Waals surface area contributed by atoms with E-state index in [2.05, 4.69) is 0 Å². The number of hydrogen-bond acceptors (Lipinski definition) is 3. The van der Waals surface area contributed by atoms with Crippen LogP contribution >= 0.6 is 0 Å². The maximum atomic E-state index is 11.7. The Morgan fingerprint density at radius 3 is 2.62 bits per heavy atom.